The van der Waals surface area contributed by atoms with E-state index in [2.05, 4.69) is 4.72 Å². The third kappa shape index (κ3) is 4.89. The molecule has 7 heteroatoms. The van der Waals surface area contributed by atoms with Crippen molar-refractivity contribution in [1.29, 1.82) is 0 Å². The van der Waals surface area contributed by atoms with Crippen LogP contribution in [-0.2, 0) is 15.8 Å². The first-order valence-corrected chi connectivity index (χ1v) is 7.44. The molecule has 0 heterocycles. The molecule has 1 N–H and O–H groups in total. The van der Waals surface area contributed by atoms with E-state index < -0.39 is 21.6 Å². The van der Waals surface area contributed by atoms with E-state index in [1.165, 1.54) is 18.2 Å². The zero-order valence-electron chi connectivity index (χ0n) is 10.3. The van der Waals surface area contributed by atoms with E-state index in [0.29, 0.717) is 6.54 Å². The molecule has 0 atom stereocenters. The van der Waals surface area contributed by atoms with Gasteiger partial charge in [0.25, 0.3) is 0 Å². The van der Waals surface area contributed by atoms with Gasteiger partial charge in [0.2, 0.25) is 0 Å². The van der Waals surface area contributed by atoms with Crippen LogP contribution in [0, 0.1) is 5.82 Å². The Kier molecular flexibility index (Phi) is 5.52. The number of nitrogens with one attached hydrogen (secondary N) is 1. The van der Waals surface area contributed by atoms with Crippen LogP contribution < -0.4 is 4.90 Å². The third-order valence-electron chi connectivity index (χ3n) is 2.29. The number of nitrogens with zero attached hydrogens (tertiary/aromatic N) is 1. The molecule has 0 aliphatic rings. The molecule has 0 aromatic heterocycles. The normalized spacial score (nSPS) is 12.1. The second kappa shape index (κ2) is 6.47. The first-order chi connectivity index (χ1) is 8.32. The van der Waals surface area contributed by atoms with Gasteiger partial charge >= 0.3 is 0 Å². The van der Waals surface area contributed by atoms with E-state index in [-0.39, 0.29) is 17.1 Å². The summed E-state index contributed by atoms with van der Waals surface area (Å²) in [6.45, 7) is 0.793. The topological polar surface area (TPSA) is 52.7 Å². The third-order valence-corrected chi connectivity index (χ3v) is 3.87. The van der Waals surface area contributed by atoms with Gasteiger partial charge in [-0.3, -0.25) is 0 Å². The van der Waals surface area contributed by atoms with Crippen molar-refractivity contribution >= 4 is 21.6 Å². The zero-order chi connectivity index (χ0) is 13.8. The van der Waals surface area contributed by atoms with Gasteiger partial charge in [-0.2, -0.15) is 0 Å². The van der Waals surface area contributed by atoms with Gasteiger partial charge in [0, 0.05) is 10.6 Å². The number of likely N-dealkylation sites (N-methyl/N-ethyl adjacent to an activating group) is 1. The van der Waals surface area contributed by atoms with Gasteiger partial charge in [0.1, 0.15) is 5.82 Å². The average Bonchev–Trinajstić information content (AvgIpc) is 2.23. The molecule has 0 fully saturated rings. The van der Waals surface area contributed by atoms with Crippen molar-refractivity contribution in [2.45, 2.75) is 5.75 Å². The summed E-state index contributed by atoms with van der Waals surface area (Å²) < 4.78 is 40.4. The Balaban J connectivity index is 2.71. The molecule has 1 aromatic carbocycles. The predicted octanol–water partition coefficient (Wildman–Crippen LogP) is 0.827. The van der Waals surface area contributed by atoms with Gasteiger partial charge in [0.05, 0.1) is 36.4 Å². The summed E-state index contributed by atoms with van der Waals surface area (Å²) in [6.07, 6.45) is 0. The van der Waals surface area contributed by atoms with Gasteiger partial charge < -0.3 is 9.62 Å². The van der Waals surface area contributed by atoms with Gasteiger partial charge in [0.15, 0.2) is 0 Å². The SMILES string of the molecule is C[NH+](C)CC[N-]S(=O)(=O)Cc1c(F)cccc1Cl. The Morgan fingerprint density at radius 3 is 2.61 bits per heavy atom. The quantitative estimate of drug-likeness (QED) is 0.845. The summed E-state index contributed by atoms with van der Waals surface area (Å²) in [5, 5.41) is 0.104. The Morgan fingerprint density at radius 1 is 1.39 bits per heavy atom. The molecule has 0 saturated heterocycles. The molecule has 1 rings (SSSR count). The summed E-state index contributed by atoms with van der Waals surface area (Å²) in [4.78, 5) is 1.10. The summed E-state index contributed by atoms with van der Waals surface area (Å²) in [5.41, 5.74) is -0.0277. The predicted molar refractivity (Wildman–Crippen MR) is 69.9 cm³/mol. The van der Waals surface area contributed by atoms with Crippen molar-refractivity contribution in [3.8, 4) is 0 Å². The minimum absolute atomic E-state index is 0.0277. The van der Waals surface area contributed by atoms with Crippen LogP contribution in [0.2, 0.25) is 5.02 Å². The number of hydrogen-bond donors (Lipinski definition) is 1. The van der Waals surface area contributed by atoms with Crippen LogP contribution in [0.4, 0.5) is 4.39 Å². The van der Waals surface area contributed by atoms with Crippen LogP contribution in [0.3, 0.4) is 0 Å². The van der Waals surface area contributed by atoms with Crippen molar-refractivity contribution in [1.82, 2.24) is 0 Å². The Bertz CT molecular complexity index is 486. The first-order valence-electron chi connectivity index (χ1n) is 5.45. The molecular weight excluding hydrogens is 279 g/mol. The fourth-order valence-corrected chi connectivity index (χ4v) is 2.73. The number of benzene rings is 1. The number of hydrogen-bond acceptors (Lipinski definition) is 2. The van der Waals surface area contributed by atoms with E-state index in [0.717, 1.165) is 4.90 Å². The van der Waals surface area contributed by atoms with Gasteiger partial charge in [-0.1, -0.05) is 24.2 Å². The van der Waals surface area contributed by atoms with E-state index in [4.69, 9.17) is 11.6 Å². The zero-order valence-corrected chi connectivity index (χ0v) is 11.9. The van der Waals surface area contributed by atoms with Gasteiger partial charge in [-0.15, -0.1) is 0 Å². The second-order valence-electron chi connectivity index (χ2n) is 4.24. The summed E-state index contributed by atoms with van der Waals surface area (Å²) >= 11 is 5.77. The molecule has 0 amide bonds. The van der Waals surface area contributed by atoms with Crippen LogP contribution in [0.15, 0.2) is 18.2 Å². The van der Waals surface area contributed by atoms with Gasteiger partial charge in [-0.25, -0.2) is 12.8 Å². The first kappa shape index (κ1) is 15.4. The molecule has 0 spiro atoms. The van der Waals surface area contributed by atoms with Gasteiger partial charge in [-0.05, 0) is 12.1 Å². The number of sulfonamides is 1. The Labute approximate surface area is 112 Å². The molecule has 0 saturated carbocycles. The lowest BCUT2D eigenvalue weighted by Crippen LogP contribution is -3.06. The molecular formula is C11H16ClFN2O2S. The maximum atomic E-state index is 13.4. The van der Waals surface area contributed by atoms with Crippen LogP contribution >= 0.6 is 11.6 Å². The molecule has 102 valence electrons. The molecule has 0 unspecified atom stereocenters. The Hall–Kier alpha value is -0.690. The lowest BCUT2D eigenvalue weighted by molar-refractivity contribution is -0.856. The molecule has 0 radical (unpaired) electrons. The van der Waals surface area contributed by atoms with E-state index in [9.17, 15) is 12.8 Å². The average molecular weight is 295 g/mol. The van der Waals surface area contributed by atoms with Crippen molar-refractivity contribution in [2.24, 2.45) is 0 Å². The van der Waals surface area contributed by atoms with Crippen LogP contribution in [0.5, 0.6) is 0 Å². The van der Waals surface area contributed by atoms with E-state index >= 15 is 0 Å². The maximum Gasteiger partial charge on any atom is 0.128 e. The fraction of sp³-hybridized carbons (Fsp3) is 0.455. The lowest BCUT2D eigenvalue weighted by atomic mass is 10.2. The number of quaternary nitrogens is 1. The Morgan fingerprint density at radius 2 is 2.06 bits per heavy atom. The highest BCUT2D eigenvalue weighted by atomic mass is 35.5. The highest BCUT2D eigenvalue weighted by molar-refractivity contribution is 7.93. The van der Waals surface area contributed by atoms with Crippen LogP contribution in [0.1, 0.15) is 5.56 Å². The highest BCUT2D eigenvalue weighted by Crippen LogP contribution is 2.22. The minimum Gasteiger partial charge on any atom is -0.544 e. The lowest BCUT2D eigenvalue weighted by Gasteiger charge is -2.21. The standard InChI is InChI=1S/C11H15ClFN2O2S/c1-15(2)7-6-14-18(16,17)8-9-10(12)4-3-5-11(9)13/h3-5H,6-8H2,1-2H3/q-1/p+1. The molecule has 1 aromatic rings. The molecule has 4 nitrogen and oxygen atoms in total. The minimum atomic E-state index is -3.69. The summed E-state index contributed by atoms with van der Waals surface area (Å²) in [6, 6.07) is 4.07. The van der Waals surface area contributed by atoms with E-state index in [1.807, 2.05) is 14.1 Å². The van der Waals surface area contributed by atoms with Crippen molar-refractivity contribution in [2.75, 3.05) is 27.2 Å². The van der Waals surface area contributed by atoms with E-state index in [1.54, 1.807) is 0 Å². The molecule has 0 aliphatic carbocycles. The maximum absolute atomic E-state index is 13.4. The summed E-state index contributed by atoms with van der Waals surface area (Å²) in [5.74, 6) is -1.12. The summed E-state index contributed by atoms with van der Waals surface area (Å²) in [7, 11) is 0.109. The van der Waals surface area contributed by atoms with Crippen molar-refractivity contribution < 1.29 is 17.7 Å². The molecule has 0 aliphatic heterocycles. The smallest absolute Gasteiger partial charge is 0.128 e. The largest absolute Gasteiger partial charge is 0.544 e. The number of rotatable bonds is 6. The fourth-order valence-electron chi connectivity index (χ4n) is 1.31. The number of halogens is 2. The molecule has 0 bridgehead atoms. The van der Waals surface area contributed by atoms with Crippen molar-refractivity contribution in [3.63, 3.8) is 0 Å². The second-order valence-corrected chi connectivity index (χ2v) is 6.35. The van der Waals surface area contributed by atoms with Crippen LogP contribution in [0.25, 0.3) is 4.72 Å². The monoisotopic (exact) mass is 294 g/mol. The highest BCUT2D eigenvalue weighted by Gasteiger charge is 2.11. The van der Waals surface area contributed by atoms with Crippen LogP contribution in [-0.4, -0.2) is 35.6 Å². The van der Waals surface area contributed by atoms with Crippen molar-refractivity contribution in [3.05, 3.63) is 39.3 Å². The molecule has 18 heavy (non-hydrogen) atoms.